The number of carboxylic acid groups (broad SMARTS) is 1. The molecule has 5 nitrogen and oxygen atoms in total. The Morgan fingerprint density at radius 1 is 1.67 bits per heavy atom. The van der Waals surface area contributed by atoms with Crippen LogP contribution in [0.3, 0.4) is 0 Å². The Balaban J connectivity index is 2.58. The van der Waals surface area contributed by atoms with Gasteiger partial charge in [-0.25, -0.2) is 0 Å². The highest BCUT2D eigenvalue weighted by Gasteiger charge is 2.15. The van der Waals surface area contributed by atoms with E-state index in [0.717, 1.165) is 11.8 Å². The fourth-order valence-electron chi connectivity index (χ4n) is 0.528. The van der Waals surface area contributed by atoms with Gasteiger partial charge in [-0.2, -0.15) is 0 Å². The fraction of sp³-hybridized carbons (Fsp3) is 0.500. The molecule has 12 heavy (non-hydrogen) atoms. The quantitative estimate of drug-likeness (QED) is 0.711. The van der Waals surface area contributed by atoms with Gasteiger partial charge in [-0.05, 0) is 6.92 Å². The molecule has 0 unspecified atom stereocenters. The van der Waals surface area contributed by atoms with E-state index in [1.54, 1.807) is 13.8 Å². The number of rotatable bonds is 3. The standard InChI is InChI=1S/C6H8N2O3S/c1-3(5(9)10)12-6-8-7-4(2)11-6/h3H,1-2H3,(H,9,10)/t3-/m0/s1. The second-order valence-electron chi connectivity index (χ2n) is 2.19. The van der Waals surface area contributed by atoms with Crippen molar-refractivity contribution >= 4 is 17.7 Å². The average molecular weight is 188 g/mol. The molecule has 1 aromatic heterocycles. The van der Waals surface area contributed by atoms with Gasteiger partial charge in [-0.15, -0.1) is 10.2 Å². The van der Waals surface area contributed by atoms with Gasteiger partial charge in [-0.1, -0.05) is 11.8 Å². The Kier molecular flexibility index (Phi) is 2.69. The number of aromatic nitrogens is 2. The lowest BCUT2D eigenvalue weighted by Gasteiger charge is -1.99. The zero-order valence-electron chi connectivity index (χ0n) is 6.64. The van der Waals surface area contributed by atoms with Gasteiger partial charge in [0.15, 0.2) is 0 Å². The van der Waals surface area contributed by atoms with Gasteiger partial charge in [0, 0.05) is 6.92 Å². The van der Waals surface area contributed by atoms with Crippen LogP contribution in [0.5, 0.6) is 0 Å². The molecule has 1 heterocycles. The van der Waals surface area contributed by atoms with Gasteiger partial charge < -0.3 is 9.52 Å². The third-order valence-electron chi connectivity index (χ3n) is 1.13. The summed E-state index contributed by atoms with van der Waals surface area (Å²) in [5.41, 5.74) is 0. The highest BCUT2D eigenvalue weighted by molar-refractivity contribution is 8.00. The van der Waals surface area contributed by atoms with Crippen LogP contribution in [0.15, 0.2) is 9.64 Å². The van der Waals surface area contributed by atoms with Crippen LogP contribution in [-0.2, 0) is 4.79 Å². The summed E-state index contributed by atoms with van der Waals surface area (Å²) < 4.78 is 4.98. The summed E-state index contributed by atoms with van der Waals surface area (Å²) in [5.74, 6) is -0.453. The molecule has 0 spiro atoms. The summed E-state index contributed by atoms with van der Waals surface area (Å²) in [6.45, 7) is 3.22. The van der Waals surface area contributed by atoms with Crippen LogP contribution in [0.1, 0.15) is 12.8 Å². The zero-order valence-corrected chi connectivity index (χ0v) is 7.46. The molecule has 1 aromatic rings. The summed E-state index contributed by atoms with van der Waals surface area (Å²) >= 11 is 1.03. The zero-order chi connectivity index (χ0) is 9.14. The van der Waals surface area contributed by atoms with Crippen LogP contribution in [0.25, 0.3) is 0 Å². The molecule has 0 bridgehead atoms. The van der Waals surface area contributed by atoms with E-state index in [2.05, 4.69) is 10.2 Å². The number of carbonyl (C=O) groups is 1. The molecule has 0 aromatic carbocycles. The van der Waals surface area contributed by atoms with Gasteiger partial charge in [0.1, 0.15) is 5.25 Å². The largest absolute Gasteiger partial charge is 0.480 e. The van der Waals surface area contributed by atoms with Gasteiger partial charge >= 0.3 is 5.97 Å². The number of carboxylic acids is 1. The molecule has 1 atom stereocenters. The summed E-state index contributed by atoms with van der Waals surface area (Å²) in [7, 11) is 0. The van der Waals surface area contributed by atoms with Crippen LogP contribution in [-0.4, -0.2) is 26.5 Å². The first kappa shape index (κ1) is 9.05. The maximum Gasteiger partial charge on any atom is 0.316 e. The molecule has 0 fully saturated rings. The molecule has 1 N–H and O–H groups in total. The summed E-state index contributed by atoms with van der Waals surface area (Å²) in [4.78, 5) is 10.4. The molecular formula is C6H8N2O3S. The minimum atomic E-state index is -0.893. The lowest BCUT2D eigenvalue weighted by atomic mass is 10.5. The van der Waals surface area contributed by atoms with E-state index < -0.39 is 11.2 Å². The van der Waals surface area contributed by atoms with Crippen LogP contribution in [0.4, 0.5) is 0 Å². The predicted molar refractivity (Wildman–Crippen MR) is 42.0 cm³/mol. The molecule has 0 aliphatic carbocycles. The first-order valence-corrected chi connectivity index (χ1v) is 4.17. The minimum absolute atomic E-state index is 0.294. The van der Waals surface area contributed by atoms with Crippen molar-refractivity contribution in [2.24, 2.45) is 0 Å². The number of hydrogen-bond donors (Lipinski definition) is 1. The third-order valence-corrected chi connectivity index (χ3v) is 2.05. The van der Waals surface area contributed by atoms with Crippen LogP contribution in [0.2, 0.25) is 0 Å². The molecular weight excluding hydrogens is 180 g/mol. The van der Waals surface area contributed by atoms with Crippen molar-refractivity contribution in [3.8, 4) is 0 Å². The maximum absolute atomic E-state index is 10.4. The van der Waals surface area contributed by atoms with Gasteiger partial charge in [0.2, 0.25) is 5.89 Å². The van der Waals surface area contributed by atoms with Gasteiger partial charge in [-0.3, -0.25) is 4.79 Å². The SMILES string of the molecule is Cc1nnc(S[C@@H](C)C(=O)O)o1. The maximum atomic E-state index is 10.4. The van der Waals surface area contributed by atoms with E-state index >= 15 is 0 Å². The fourth-order valence-corrected chi connectivity index (χ4v) is 1.19. The monoisotopic (exact) mass is 188 g/mol. The van der Waals surface area contributed by atoms with Crippen molar-refractivity contribution in [2.45, 2.75) is 24.3 Å². The third kappa shape index (κ3) is 2.23. The molecule has 6 heteroatoms. The molecule has 0 radical (unpaired) electrons. The highest BCUT2D eigenvalue weighted by atomic mass is 32.2. The second-order valence-corrected chi connectivity index (χ2v) is 3.48. The summed E-state index contributed by atoms with van der Waals surface area (Å²) in [6, 6.07) is 0. The Morgan fingerprint density at radius 2 is 2.33 bits per heavy atom. The average Bonchev–Trinajstić information content (AvgIpc) is 2.35. The lowest BCUT2D eigenvalue weighted by molar-refractivity contribution is -0.136. The van der Waals surface area contributed by atoms with Crippen molar-refractivity contribution < 1.29 is 14.3 Å². The Bertz CT molecular complexity index is 286. The van der Waals surface area contributed by atoms with E-state index in [9.17, 15) is 4.79 Å². The second kappa shape index (κ2) is 3.57. The molecule has 0 aliphatic rings. The topological polar surface area (TPSA) is 76.2 Å². The number of nitrogens with zero attached hydrogens (tertiary/aromatic N) is 2. The number of aryl methyl sites for hydroxylation is 1. The number of thioether (sulfide) groups is 1. The van der Waals surface area contributed by atoms with E-state index in [0.29, 0.717) is 11.1 Å². The highest BCUT2D eigenvalue weighted by Crippen LogP contribution is 2.21. The first-order chi connectivity index (χ1) is 5.59. The minimum Gasteiger partial charge on any atom is -0.480 e. The lowest BCUT2D eigenvalue weighted by Crippen LogP contribution is -2.10. The summed E-state index contributed by atoms with van der Waals surface area (Å²) in [5, 5.41) is 15.5. The number of aliphatic carboxylic acids is 1. The van der Waals surface area contributed by atoms with E-state index in [4.69, 9.17) is 9.52 Å². The van der Waals surface area contributed by atoms with E-state index in [1.165, 1.54) is 0 Å². The molecule has 0 amide bonds. The molecule has 66 valence electrons. The molecule has 0 saturated heterocycles. The van der Waals surface area contributed by atoms with Crippen LogP contribution >= 0.6 is 11.8 Å². The number of hydrogen-bond acceptors (Lipinski definition) is 5. The van der Waals surface area contributed by atoms with E-state index in [1.807, 2.05) is 0 Å². The smallest absolute Gasteiger partial charge is 0.316 e. The van der Waals surface area contributed by atoms with Crippen molar-refractivity contribution in [2.75, 3.05) is 0 Å². The van der Waals surface area contributed by atoms with Crippen LogP contribution < -0.4 is 0 Å². The molecule has 1 rings (SSSR count). The van der Waals surface area contributed by atoms with Crippen molar-refractivity contribution in [3.63, 3.8) is 0 Å². The normalized spacial score (nSPS) is 12.8. The van der Waals surface area contributed by atoms with E-state index in [-0.39, 0.29) is 0 Å². The Morgan fingerprint density at radius 3 is 2.75 bits per heavy atom. The van der Waals surface area contributed by atoms with Crippen molar-refractivity contribution in [1.29, 1.82) is 0 Å². The first-order valence-electron chi connectivity index (χ1n) is 3.29. The van der Waals surface area contributed by atoms with Crippen molar-refractivity contribution in [1.82, 2.24) is 10.2 Å². The van der Waals surface area contributed by atoms with Gasteiger partial charge in [0.25, 0.3) is 5.22 Å². The Labute approximate surface area is 73.2 Å². The summed E-state index contributed by atoms with van der Waals surface area (Å²) in [6.07, 6.45) is 0. The van der Waals surface area contributed by atoms with Crippen molar-refractivity contribution in [3.05, 3.63) is 5.89 Å². The van der Waals surface area contributed by atoms with Gasteiger partial charge in [0.05, 0.1) is 0 Å². The molecule has 0 saturated carbocycles. The van der Waals surface area contributed by atoms with Crippen LogP contribution in [0, 0.1) is 6.92 Å². The Hall–Kier alpha value is -1.04. The molecule has 0 aliphatic heterocycles. The predicted octanol–water partition coefficient (Wildman–Crippen LogP) is 0.943.